The molecule has 6 nitrogen and oxygen atoms in total. The molecule has 0 aliphatic heterocycles. The summed E-state index contributed by atoms with van der Waals surface area (Å²) in [6.07, 6.45) is 0. The molecule has 0 spiro atoms. The zero-order valence-electron chi connectivity index (χ0n) is 10.5. The Bertz CT molecular complexity index is 485. The molecule has 1 rings (SSSR count). The lowest BCUT2D eigenvalue weighted by Crippen LogP contribution is -2.33. The summed E-state index contributed by atoms with van der Waals surface area (Å²) in [5.74, 6) is 0. The molecule has 0 aromatic carbocycles. The van der Waals surface area contributed by atoms with E-state index >= 15 is 0 Å². The molecular weight excluding hydrogens is 242 g/mol. The van der Waals surface area contributed by atoms with Gasteiger partial charge < -0.3 is 5.11 Å². The van der Waals surface area contributed by atoms with E-state index in [1.165, 1.54) is 0 Å². The zero-order valence-corrected chi connectivity index (χ0v) is 11.3. The lowest BCUT2D eigenvalue weighted by Gasteiger charge is -2.18. The molecule has 3 N–H and O–H groups in total. The van der Waals surface area contributed by atoms with E-state index in [2.05, 4.69) is 14.9 Å². The Morgan fingerprint density at radius 1 is 1.41 bits per heavy atom. The number of aromatic amines is 1. The molecule has 7 heteroatoms. The van der Waals surface area contributed by atoms with Gasteiger partial charge in [0.2, 0.25) is 10.0 Å². The smallest absolute Gasteiger partial charge is 0.244 e. The second-order valence-corrected chi connectivity index (χ2v) is 6.87. The van der Waals surface area contributed by atoms with Crippen molar-refractivity contribution in [2.24, 2.45) is 5.41 Å². The molecular formula is C10H19N3O3S. The van der Waals surface area contributed by atoms with Crippen molar-refractivity contribution in [2.45, 2.75) is 39.2 Å². The van der Waals surface area contributed by atoms with Crippen molar-refractivity contribution in [3.8, 4) is 0 Å². The van der Waals surface area contributed by atoms with Crippen LogP contribution in [0.25, 0.3) is 0 Å². The minimum absolute atomic E-state index is 0.0456. The summed E-state index contributed by atoms with van der Waals surface area (Å²) in [6, 6.07) is 0. The topological polar surface area (TPSA) is 95.1 Å². The van der Waals surface area contributed by atoms with Gasteiger partial charge in [0.25, 0.3) is 0 Å². The summed E-state index contributed by atoms with van der Waals surface area (Å²) in [5.41, 5.74) is 0.420. The van der Waals surface area contributed by atoms with E-state index in [0.29, 0.717) is 12.2 Å². The van der Waals surface area contributed by atoms with E-state index in [9.17, 15) is 8.42 Å². The van der Waals surface area contributed by atoms with Gasteiger partial charge in [0.15, 0.2) is 0 Å². The first kappa shape index (κ1) is 14.1. The van der Waals surface area contributed by atoms with Gasteiger partial charge in [-0.3, -0.25) is 5.10 Å². The predicted molar refractivity (Wildman–Crippen MR) is 63.9 cm³/mol. The normalized spacial score (nSPS) is 13.0. The van der Waals surface area contributed by atoms with E-state index in [4.69, 9.17) is 5.11 Å². The van der Waals surface area contributed by atoms with Crippen LogP contribution in [0.15, 0.2) is 4.90 Å². The number of aliphatic hydroxyl groups excluding tert-OH is 1. The Kier molecular flexibility index (Phi) is 3.95. The van der Waals surface area contributed by atoms with E-state index in [0.717, 1.165) is 0 Å². The number of aryl methyl sites for hydroxylation is 1. The molecule has 0 bridgehead atoms. The number of aromatic nitrogens is 2. The lowest BCUT2D eigenvalue weighted by atomic mass is 9.98. The fourth-order valence-corrected chi connectivity index (χ4v) is 2.95. The molecule has 0 fully saturated rings. The molecule has 0 amide bonds. The van der Waals surface area contributed by atoms with Crippen molar-refractivity contribution in [1.29, 1.82) is 0 Å². The number of hydrogen-bond donors (Lipinski definition) is 3. The van der Waals surface area contributed by atoms with Crippen LogP contribution in [0.3, 0.4) is 0 Å². The molecule has 0 saturated carbocycles. The minimum Gasteiger partial charge on any atom is -0.390 e. The number of aliphatic hydroxyl groups is 1. The highest BCUT2D eigenvalue weighted by atomic mass is 32.2. The van der Waals surface area contributed by atoms with Crippen molar-refractivity contribution in [2.75, 3.05) is 6.54 Å². The number of nitrogens with one attached hydrogen (secondary N) is 2. The number of nitrogens with zero attached hydrogens (tertiary/aromatic N) is 1. The molecule has 0 unspecified atom stereocenters. The predicted octanol–water partition coefficient (Wildman–Crippen LogP) is 0.535. The van der Waals surface area contributed by atoms with E-state index in [1.54, 1.807) is 6.92 Å². The van der Waals surface area contributed by atoms with Crippen molar-refractivity contribution in [3.63, 3.8) is 0 Å². The first-order valence-electron chi connectivity index (χ1n) is 5.32. The Morgan fingerprint density at radius 2 is 2.00 bits per heavy atom. The van der Waals surface area contributed by atoms with Crippen LogP contribution in [0.2, 0.25) is 0 Å². The average molecular weight is 261 g/mol. The van der Waals surface area contributed by atoms with Crippen LogP contribution in [-0.2, 0) is 16.6 Å². The van der Waals surface area contributed by atoms with Crippen LogP contribution in [0.5, 0.6) is 0 Å². The number of H-pyrrole nitrogens is 1. The quantitative estimate of drug-likeness (QED) is 0.737. The molecule has 1 heterocycles. The van der Waals surface area contributed by atoms with Gasteiger partial charge in [-0.15, -0.1) is 0 Å². The van der Waals surface area contributed by atoms with Gasteiger partial charge in [-0.05, 0) is 12.3 Å². The van der Waals surface area contributed by atoms with Crippen molar-refractivity contribution >= 4 is 10.0 Å². The van der Waals surface area contributed by atoms with E-state index < -0.39 is 16.6 Å². The standard InChI is InChI=1S/C10H19N3O3S/c1-7-9(8(5-14)13-12-7)17(15,16)11-6-10(2,3)4/h11,14H,5-6H2,1-4H3,(H,12,13). The Balaban J connectivity index is 3.01. The highest BCUT2D eigenvalue weighted by Gasteiger charge is 2.25. The van der Waals surface area contributed by atoms with Crippen molar-refractivity contribution in [3.05, 3.63) is 11.4 Å². The third-order valence-corrected chi connectivity index (χ3v) is 3.78. The molecule has 98 valence electrons. The second kappa shape index (κ2) is 4.75. The third-order valence-electron chi connectivity index (χ3n) is 2.17. The second-order valence-electron chi connectivity index (χ2n) is 5.17. The van der Waals surface area contributed by atoms with Gasteiger partial charge in [-0.25, -0.2) is 13.1 Å². The summed E-state index contributed by atoms with van der Waals surface area (Å²) in [4.78, 5) is 0.0456. The molecule has 0 radical (unpaired) electrons. The summed E-state index contributed by atoms with van der Waals surface area (Å²) in [7, 11) is -3.63. The summed E-state index contributed by atoms with van der Waals surface area (Å²) in [6.45, 7) is 7.33. The van der Waals surface area contributed by atoms with Gasteiger partial charge in [0.05, 0.1) is 12.3 Å². The average Bonchev–Trinajstić information content (AvgIpc) is 2.56. The SMILES string of the molecule is Cc1[nH]nc(CO)c1S(=O)(=O)NCC(C)(C)C. The largest absolute Gasteiger partial charge is 0.390 e. The van der Waals surface area contributed by atoms with Crippen molar-refractivity contribution in [1.82, 2.24) is 14.9 Å². The lowest BCUT2D eigenvalue weighted by molar-refractivity contribution is 0.273. The van der Waals surface area contributed by atoms with E-state index in [1.807, 2.05) is 20.8 Å². The van der Waals surface area contributed by atoms with Crippen molar-refractivity contribution < 1.29 is 13.5 Å². The third kappa shape index (κ3) is 3.52. The van der Waals surface area contributed by atoms with Crippen LogP contribution >= 0.6 is 0 Å². The highest BCUT2D eigenvalue weighted by Crippen LogP contribution is 2.19. The Labute approximate surface area is 101 Å². The van der Waals surface area contributed by atoms with Crippen LogP contribution in [0, 0.1) is 12.3 Å². The fraction of sp³-hybridized carbons (Fsp3) is 0.700. The summed E-state index contributed by atoms with van der Waals surface area (Å²) in [5, 5.41) is 15.4. The first-order valence-corrected chi connectivity index (χ1v) is 6.80. The Morgan fingerprint density at radius 3 is 2.47 bits per heavy atom. The summed E-state index contributed by atoms with van der Waals surface area (Å²) < 4.78 is 26.6. The Hall–Kier alpha value is -0.920. The number of sulfonamides is 1. The molecule has 17 heavy (non-hydrogen) atoms. The van der Waals surface area contributed by atoms with Crippen LogP contribution in [-0.4, -0.2) is 30.3 Å². The zero-order chi connectivity index (χ0) is 13.3. The van der Waals surface area contributed by atoms with E-state index in [-0.39, 0.29) is 16.0 Å². The molecule has 0 aliphatic carbocycles. The maximum atomic E-state index is 12.1. The molecule has 0 saturated heterocycles. The maximum Gasteiger partial charge on any atom is 0.244 e. The molecule has 0 aliphatic rings. The molecule has 0 atom stereocenters. The minimum atomic E-state index is -3.63. The van der Waals surface area contributed by atoms with Gasteiger partial charge in [-0.2, -0.15) is 5.10 Å². The van der Waals surface area contributed by atoms with Gasteiger partial charge in [-0.1, -0.05) is 20.8 Å². The summed E-state index contributed by atoms with van der Waals surface area (Å²) >= 11 is 0. The number of hydrogen-bond acceptors (Lipinski definition) is 4. The molecule has 1 aromatic rings. The van der Waals surface area contributed by atoms with Crippen LogP contribution < -0.4 is 4.72 Å². The number of rotatable bonds is 4. The highest BCUT2D eigenvalue weighted by molar-refractivity contribution is 7.89. The van der Waals surface area contributed by atoms with Crippen LogP contribution in [0.1, 0.15) is 32.2 Å². The van der Waals surface area contributed by atoms with Gasteiger partial charge in [0.1, 0.15) is 10.6 Å². The van der Waals surface area contributed by atoms with Crippen LogP contribution in [0.4, 0.5) is 0 Å². The molecule has 1 aromatic heterocycles. The fourth-order valence-electron chi connectivity index (χ4n) is 1.32. The first-order chi connectivity index (χ1) is 7.67. The van der Waals surface area contributed by atoms with Gasteiger partial charge in [0, 0.05) is 6.54 Å². The monoisotopic (exact) mass is 261 g/mol. The van der Waals surface area contributed by atoms with Gasteiger partial charge >= 0.3 is 0 Å². The maximum absolute atomic E-state index is 12.1.